The molecule has 0 unspecified atom stereocenters. The van der Waals surface area contributed by atoms with Gasteiger partial charge < -0.3 is 10.2 Å². The molecule has 3 N–H and O–H groups in total. The zero-order chi connectivity index (χ0) is 19.2. The predicted molar refractivity (Wildman–Crippen MR) is 92.6 cm³/mol. The Bertz CT molecular complexity index is 748. The first kappa shape index (κ1) is 20.3. The van der Waals surface area contributed by atoms with Gasteiger partial charge in [-0.25, -0.2) is 17.6 Å². The van der Waals surface area contributed by atoms with Crippen LogP contribution in [0, 0.1) is 5.82 Å². The second-order valence-electron chi connectivity index (χ2n) is 6.07. The molecule has 0 bridgehead atoms. The molecular formula is C16H24FN4O4S+. The fourth-order valence-electron chi connectivity index (χ4n) is 2.69. The number of carbonyl (C=O) groups excluding carboxylic acids is 2. The van der Waals surface area contributed by atoms with Gasteiger partial charge in [-0.2, -0.15) is 4.31 Å². The number of rotatable bonds is 6. The van der Waals surface area contributed by atoms with Crippen LogP contribution in [0.3, 0.4) is 0 Å². The molecule has 1 aliphatic heterocycles. The molecule has 0 aliphatic carbocycles. The van der Waals surface area contributed by atoms with Crippen molar-refractivity contribution >= 4 is 22.0 Å². The second-order valence-corrected chi connectivity index (χ2v) is 7.97. The SMILES string of the molecule is CCCNC(=O)NC(=O)C[NH+]1CCN(S(=O)(=O)c2ccccc2F)CC1. The third-order valence-electron chi connectivity index (χ3n) is 4.08. The highest BCUT2D eigenvalue weighted by Gasteiger charge is 2.32. The van der Waals surface area contributed by atoms with E-state index in [1.807, 2.05) is 6.92 Å². The number of hydrogen-bond donors (Lipinski definition) is 3. The monoisotopic (exact) mass is 387 g/mol. The summed E-state index contributed by atoms with van der Waals surface area (Å²) in [4.78, 5) is 23.8. The summed E-state index contributed by atoms with van der Waals surface area (Å²) in [5.41, 5.74) is 0. The van der Waals surface area contributed by atoms with Gasteiger partial charge in [0, 0.05) is 6.54 Å². The van der Waals surface area contributed by atoms with Crippen molar-refractivity contribution in [1.82, 2.24) is 14.9 Å². The van der Waals surface area contributed by atoms with E-state index in [4.69, 9.17) is 0 Å². The molecule has 0 aromatic heterocycles. The Morgan fingerprint density at radius 1 is 1.23 bits per heavy atom. The number of benzene rings is 1. The van der Waals surface area contributed by atoms with Crippen LogP contribution in [-0.4, -0.2) is 63.9 Å². The molecule has 0 radical (unpaired) electrons. The average Bonchev–Trinajstić information content (AvgIpc) is 2.60. The van der Waals surface area contributed by atoms with Gasteiger partial charge in [-0.1, -0.05) is 19.1 Å². The van der Waals surface area contributed by atoms with E-state index in [2.05, 4.69) is 10.6 Å². The third-order valence-corrected chi connectivity index (χ3v) is 6.01. The van der Waals surface area contributed by atoms with Crippen LogP contribution in [0.2, 0.25) is 0 Å². The lowest BCUT2D eigenvalue weighted by Crippen LogP contribution is -3.15. The second kappa shape index (κ2) is 9.06. The van der Waals surface area contributed by atoms with Crippen molar-refractivity contribution in [1.29, 1.82) is 0 Å². The quantitative estimate of drug-likeness (QED) is 0.580. The van der Waals surface area contributed by atoms with Gasteiger partial charge in [0.25, 0.3) is 5.91 Å². The number of carbonyl (C=O) groups is 2. The van der Waals surface area contributed by atoms with E-state index in [-0.39, 0.29) is 24.5 Å². The van der Waals surface area contributed by atoms with Gasteiger partial charge in [-0.3, -0.25) is 10.1 Å². The molecule has 8 nitrogen and oxygen atoms in total. The van der Waals surface area contributed by atoms with Gasteiger partial charge in [0.05, 0.1) is 26.2 Å². The number of quaternary nitrogens is 1. The van der Waals surface area contributed by atoms with Gasteiger partial charge in [0.1, 0.15) is 10.7 Å². The Balaban J connectivity index is 1.86. The minimum Gasteiger partial charge on any atom is -0.338 e. The normalized spacial score (nSPS) is 16.2. The molecule has 1 saturated heterocycles. The molecule has 1 heterocycles. The number of imide groups is 1. The van der Waals surface area contributed by atoms with Gasteiger partial charge in [0.2, 0.25) is 10.0 Å². The van der Waals surface area contributed by atoms with Gasteiger partial charge >= 0.3 is 6.03 Å². The van der Waals surface area contributed by atoms with Crippen molar-refractivity contribution in [2.24, 2.45) is 0 Å². The summed E-state index contributed by atoms with van der Waals surface area (Å²) < 4.78 is 40.1. The molecule has 26 heavy (non-hydrogen) atoms. The fraction of sp³-hybridized carbons (Fsp3) is 0.500. The molecule has 0 atom stereocenters. The summed E-state index contributed by atoms with van der Waals surface area (Å²) in [5.74, 6) is -1.20. The van der Waals surface area contributed by atoms with E-state index in [9.17, 15) is 22.4 Å². The number of nitrogens with zero attached hydrogens (tertiary/aromatic N) is 1. The zero-order valence-electron chi connectivity index (χ0n) is 14.6. The maximum Gasteiger partial charge on any atom is 0.321 e. The molecule has 1 aliphatic rings. The Morgan fingerprint density at radius 3 is 2.50 bits per heavy atom. The van der Waals surface area contributed by atoms with E-state index in [1.165, 1.54) is 22.5 Å². The van der Waals surface area contributed by atoms with Crippen LogP contribution in [0.5, 0.6) is 0 Å². The van der Waals surface area contributed by atoms with Crippen LogP contribution in [0.4, 0.5) is 9.18 Å². The zero-order valence-corrected chi connectivity index (χ0v) is 15.4. The number of amides is 3. The first-order valence-electron chi connectivity index (χ1n) is 8.50. The Labute approximate surface area is 152 Å². The summed E-state index contributed by atoms with van der Waals surface area (Å²) in [6.45, 7) is 3.63. The lowest BCUT2D eigenvalue weighted by Gasteiger charge is -2.31. The molecule has 2 rings (SSSR count). The lowest BCUT2D eigenvalue weighted by atomic mass is 10.3. The van der Waals surface area contributed by atoms with Crippen LogP contribution >= 0.6 is 0 Å². The molecule has 3 amide bonds. The molecule has 10 heteroatoms. The maximum absolute atomic E-state index is 13.8. The highest BCUT2D eigenvalue weighted by atomic mass is 32.2. The van der Waals surface area contributed by atoms with Crippen LogP contribution in [0.25, 0.3) is 0 Å². The number of sulfonamides is 1. The smallest absolute Gasteiger partial charge is 0.321 e. The Morgan fingerprint density at radius 2 is 1.88 bits per heavy atom. The van der Waals surface area contributed by atoms with Crippen molar-refractivity contribution < 1.29 is 27.3 Å². The number of nitrogens with one attached hydrogen (secondary N) is 3. The summed E-state index contributed by atoms with van der Waals surface area (Å²) in [6.07, 6.45) is 0.769. The van der Waals surface area contributed by atoms with Gasteiger partial charge in [0.15, 0.2) is 6.54 Å². The summed E-state index contributed by atoms with van der Waals surface area (Å²) >= 11 is 0. The highest BCUT2D eigenvalue weighted by molar-refractivity contribution is 7.89. The standard InChI is InChI=1S/C16H23FN4O4S/c1-2-7-18-16(23)19-15(22)12-20-8-10-21(11-9-20)26(24,25)14-6-4-3-5-13(14)17/h3-6H,2,7-12H2,1H3,(H2,18,19,22,23)/p+1. The summed E-state index contributed by atoms with van der Waals surface area (Å²) in [5, 5.41) is 4.79. The topological polar surface area (TPSA) is 100 Å². The van der Waals surface area contributed by atoms with Crippen molar-refractivity contribution in [2.45, 2.75) is 18.2 Å². The largest absolute Gasteiger partial charge is 0.338 e. The first-order valence-corrected chi connectivity index (χ1v) is 9.94. The van der Waals surface area contributed by atoms with Crippen molar-refractivity contribution in [3.8, 4) is 0 Å². The number of urea groups is 1. The van der Waals surface area contributed by atoms with Crippen LogP contribution < -0.4 is 15.5 Å². The molecular weight excluding hydrogens is 363 g/mol. The predicted octanol–water partition coefficient (Wildman–Crippen LogP) is -1.05. The van der Waals surface area contributed by atoms with Crippen LogP contribution in [0.1, 0.15) is 13.3 Å². The molecule has 0 spiro atoms. The molecule has 0 saturated carbocycles. The minimum absolute atomic E-state index is 0.0765. The average molecular weight is 387 g/mol. The lowest BCUT2D eigenvalue weighted by molar-refractivity contribution is -0.895. The van der Waals surface area contributed by atoms with Gasteiger partial charge in [-0.05, 0) is 18.6 Å². The summed E-state index contributed by atoms with van der Waals surface area (Å²) in [6, 6.07) is 4.74. The van der Waals surface area contributed by atoms with Crippen molar-refractivity contribution in [3.63, 3.8) is 0 Å². The first-order chi connectivity index (χ1) is 12.3. The Hall–Kier alpha value is -2.04. The molecule has 144 valence electrons. The fourth-order valence-corrected chi connectivity index (χ4v) is 4.20. The van der Waals surface area contributed by atoms with E-state index >= 15 is 0 Å². The summed E-state index contributed by atoms with van der Waals surface area (Å²) in [7, 11) is -3.89. The third kappa shape index (κ3) is 5.23. The minimum atomic E-state index is -3.89. The number of halogens is 1. The van der Waals surface area contributed by atoms with Crippen LogP contribution in [-0.2, 0) is 14.8 Å². The number of hydrogen-bond acceptors (Lipinski definition) is 4. The van der Waals surface area contributed by atoms with Crippen molar-refractivity contribution in [3.05, 3.63) is 30.1 Å². The number of piperazine rings is 1. The Kier molecular flexibility index (Phi) is 7.06. The van der Waals surface area contributed by atoms with E-state index < -0.39 is 27.8 Å². The van der Waals surface area contributed by atoms with E-state index in [0.29, 0.717) is 19.6 Å². The van der Waals surface area contributed by atoms with Crippen LogP contribution in [0.15, 0.2) is 29.2 Å². The molecule has 1 aromatic rings. The highest BCUT2D eigenvalue weighted by Crippen LogP contribution is 2.18. The van der Waals surface area contributed by atoms with E-state index in [1.54, 1.807) is 0 Å². The molecule has 1 fully saturated rings. The maximum atomic E-state index is 13.8. The molecule has 1 aromatic carbocycles. The van der Waals surface area contributed by atoms with Gasteiger partial charge in [-0.15, -0.1) is 0 Å². The van der Waals surface area contributed by atoms with E-state index in [0.717, 1.165) is 17.4 Å². The van der Waals surface area contributed by atoms with Crippen molar-refractivity contribution in [2.75, 3.05) is 39.3 Å².